The molecule has 140 valence electrons. The Morgan fingerprint density at radius 2 is 2.00 bits per heavy atom. The SMILES string of the molecule is O=C(CSc1nnc(COc2cccc3cccnc23)o1)N1CCCCC1. The van der Waals surface area contributed by atoms with Gasteiger partial charge in [-0.25, -0.2) is 0 Å². The third-order valence-corrected chi connectivity index (χ3v) is 5.23. The molecule has 1 saturated heterocycles. The van der Waals surface area contributed by atoms with Crippen molar-refractivity contribution in [1.82, 2.24) is 20.1 Å². The third-order valence-electron chi connectivity index (χ3n) is 4.42. The highest BCUT2D eigenvalue weighted by Crippen LogP contribution is 2.24. The summed E-state index contributed by atoms with van der Waals surface area (Å²) in [5.74, 6) is 1.48. The summed E-state index contributed by atoms with van der Waals surface area (Å²) in [6, 6.07) is 9.63. The molecular formula is C19H20N4O3S. The van der Waals surface area contributed by atoms with Crippen LogP contribution in [0.3, 0.4) is 0 Å². The Morgan fingerprint density at radius 1 is 1.15 bits per heavy atom. The van der Waals surface area contributed by atoms with Crippen molar-refractivity contribution in [1.29, 1.82) is 0 Å². The van der Waals surface area contributed by atoms with E-state index in [1.807, 2.05) is 35.2 Å². The average Bonchev–Trinajstić information content (AvgIpc) is 3.19. The van der Waals surface area contributed by atoms with E-state index in [0.29, 0.717) is 22.6 Å². The molecule has 3 heterocycles. The van der Waals surface area contributed by atoms with E-state index in [-0.39, 0.29) is 12.5 Å². The monoisotopic (exact) mass is 384 g/mol. The molecule has 4 rings (SSSR count). The number of para-hydroxylation sites is 1. The van der Waals surface area contributed by atoms with Gasteiger partial charge in [0.15, 0.2) is 6.61 Å². The number of pyridine rings is 1. The summed E-state index contributed by atoms with van der Waals surface area (Å²) in [4.78, 5) is 18.5. The number of amides is 1. The maximum atomic E-state index is 12.2. The first-order chi connectivity index (χ1) is 13.3. The number of rotatable bonds is 6. The number of fused-ring (bicyclic) bond motifs is 1. The van der Waals surface area contributed by atoms with E-state index in [1.54, 1.807) is 6.20 Å². The second kappa shape index (κ2) is 8.39. The van der Waals surface area contributed by atoms with Gasteiger partial charge in [-0.05, 0) is 31.4 Å². The number of benzene rings is 1. The van der Waals surface area contributed by atoms with E-state index in [4.69, 9.17) is 9.15 Å². The van der Waals surface area contributed by atoms with Crippen LogP contribution in [0, 0.1) is 0 Å². The van der Waals surface area contributed by atoms with Crippen LogP contribution in [0.1, 0.15) is 25.2 Å². The molecule has 0 aliphatic carbocycles. The van der Waals surface area contributed by atoms with Crippen LogP contribution in [0.2, 0.25) is 0 Å². The van der Waals surface area contributed by atoms with Crippen molar-refractivity contribution in [2.45, 2.75) is 31.1 Å². The Labute approximate surface area is 161 Å². The normalized spacial score (nSPS) is 14.4. The highest BCUT2D eigenvalue weighted by atomic mass is 32.2. The van der Waals surface area contributed by atoms with Gasteiger partial charge in [-0.2, -0.15) is 0 Å². The predicted octanol–water partition coefficient (Wildman–Crippen LogP) is 3.30. The summed E-state index contributed by atoms with van der Waals surface area (Å²) in [6.07, 6.45) is 5.11. The molecule has 8 heteroatoms. The lowest BCUT2D eigenvalue weighted by Crippen LogP contribution is -2.36. The minimum absolute atomic E-state index is 0.123. The van der Waals surface area contributed by atoms with Gasteiger partial charge < -0.3 is 14.1 Å². The van der Waals surface area contributed by atoms with Crippen molar-refractivity contribution >= 4 is 28.6 Å². The number of nitrogens with zero attached hydrogens (tertiary/aromatic N) is 4. The molecule has 1 fully saturated rings. The number of hydrogen-bond donors (Lipinski definition) is 0. The molecule has 0 atom stereocenters. The van der Waals surface area contributed by atoms with E-state index in [1.165, 1.54) is 18.2 Å². The molecule has 0 unspecified atom stereocenters. The fourth-order valence-corrected chi connectivity index (χ4v) is 3.73. The summed E-state index contributed by atoms with van der Waals surface area (Å²) in [7, 11) is 0. The fraction of sp³-hybridized carbons (Fsp3) is 0.368. The smallest absolute Gasteiger partial charge is 0.277 e. The largest absolute Gasteiger partial charge is 0.482 e. The van der Waals surface area contributed by atoms with Crippen LogP contribution in [-0.2, 0) is 11.4 Å². The number of hydrogen-bond acceptors (Lipinski definition) is 7. The average molecular weight is 384 g/mol. The van der Waals surface area contributed by atoms with E-state index in [9.17, 15) is 4.79 Å². The summed E-state index contributed by atoms with van der Waals surface area (Å²) in [6.45, 7) is 1.85. The van der Waals surface area contributed by atoms with Crippen LogP contribution < -0.4 is 4.74 Å². The fourth-order valence-electron chi connectivity index (χ4n) is 3.05. The van der Waals surface area contributed by atoms with E-state index < -0.39 is 0 Å². The summed E-state index contributed by atoms with van der Waals surface area (Å²) >= 11 is 1.27. The van der Waals surface area contributed by atoms with E-state index in [2.05, 4.69) is 15.2 Å². The first kappa shape index (κ1) is 17.8. The van der Waals surface area contributed by atoms with Crippen molar-refractivity contribution in [3.05, 3.63) is 42.4 Å². The first-order valence-electron chi connectivity index (χ1n) is 8.99. The lowest BCUT2D eigenvalue weighted by Gasteiger charge is -2.26. The Bertz CT molecular complexity index is 919. The maximum absolute atomic E-state index is 12.2. The highest BCUT2D eigenvalue weighted by Gasteiger charge is 2.18. The molecule has 1 aromatic carbocycles. The predicted molar refractivity (Wildman–Crippen MR) is 102 cm³/mol. The van der Waals surface area contributed by atoms with E-state index >= 15 is 0 Å². The van der Waals surface area contributed by atoms with Gasteiger partial charge in [0.05, 0.1) is 5.75 Å². The van der Waals surface area contributed by atoms with Crippen LogP contribution >= 0.6 is 11.8 Å². The zero-order chi connectivity index (χ0) is 18.5. The second-order valence-electron chi connectivity index (χ2n) is 6.31. The molecule has 7 nitrogen and oxygen atoms in total. The van der Waals surface area contributed by atoms with Gasteiger partial charge >= 0.3 is 0 Å². The van der Waals surface area contributed by atoms with Gasteiger partial charge in [0, 0.05) is 24.7 Å². The highest BCUT2D eigenvalue weighted by molar-refractivity contribution is 7.99. The molecule has 2 aromatic heterocycles. The molecule has 1 aliphatic heterocycles. The van der Waals surface area contributed by atoms with Gasteiger partial charge in [0.25, 0.3) is 11.1 Å². The zero-order valence-corrected chi connectivity index (χ0v) is 15.7. The number of carbonyl (C=O) groups is 1. The molecule has 0 saturated carbocycles. The second-order valence-corrected chi connectivity index (χ2v) is 7.24. The van der Waals surface area contributed by atoms with Crippen molar-refractivity contribution < 1.29 is 13.9 Å². The maximum Gasteiger partial charge on any atom is 0.277 e. The third kappa shape index (κ3) is 4.39. The summed E-state index contributed by atoms with van der Waals surface area (Å²) in [5, 5.41) is 9.37. The molecule has 0 radical (unpaired) electrons. The first-order valence-corrected chi connectivity index (χ1v) is 9.98. The minimum atomic E-state index is 0.123. The lowest BCUT2D eigenvalue weighted by atomic mass is 10.1. The van der Waals surface area contributed by atoms with Crippen molar-refractivity contribution in [3.8, 4) is 5.75 Å². The number of ether oxygens (including phenoxy) is 1. The van der Waals surface area contributed by atoms with Crippen LogP contribution in [0.5, 0.6) is 5.75 Å². The number of aromatic nitrogens is 3. The Kier molecular flexibility index (Phi) is 5.53. The molecular weight excluding hydrogens is 364 g/mol. The van der Waals surface area contributed by atoms with Gasteiger partial charge in [-0.15, -0.1) is 10.2 Å². The van der Waals surface area contributed by atoms with Crippen molar-refractivity contribution in [3.63, 3.8) is 0 Å². The Morgan fingerprint density at radius 3 is 2.89 bits per heavy atom. The van der Waals surface area contributed by atoms with Crippen molar-refractivity contribution in [2.24, 2.45) is 0 Å². The van der Waals surface area contributed by atoms with Gasteiger partial charge in [-0.1, -0.05) is 30.0 Å². The molecule has 1 aliphatic rings. The molecule has 0 bridgehead atoms. The standard InChI is InChI=1S/C19H20N4O3S/c24-17(23-10-2-1-3-11-23)13-27-19-22-21-16(26-19)12-25-15-8-4-6-14-7-5-9-20-18(14)15/h4-9H,1-3,10-13H2. The molecule has 0 spiro atoms. The summed E-state index contributed by atoms with van der Waals surface area (Å²) in [5.41, 5.74) is 0.793. The quantitative estimate of drug-likeness (QED) is 0.603. The molecule has 1 amide bonds. The molecule has 27 heavy (non-hydrogen) atoms. The van der Waals surface area contributed by atoms with Gasteiger partial charge in [-0.3, -0.25) is 9.78 Å². The molecule has 3 aromatic rings. The lowest BCUT2D eigenvalue weighted by molar-refractivity contribution is -0.129. The minimum Gasteiger partial charge on any atom is -0.482 e. The topological polar surface area (TPSA) is 81.3 Å². The van der Waals surface area contributed by atoms with Crippen LogP contribution in [0.25, 0.3) is 10.9 Å². The van der Waals surface area contributed by atoms with Gasteiger partial charge in [0.2, 0.25) is 5.91 Å². The number of thioether (sulfide) groups is 1. The van der Waals surface area contributed by atoms with Crippen LogP contribution in [0.4, 0.5) is 0 Å². The van der Waals surface area contributed by atoms with E-state index in [0.717, 1.165) is 36.8 Å². The van der Waals surface area contributed by atoms with Crippen LogP contribution in [-0.4, -0.2) is 44.8 Å². The number of carbonyl (C=O) groups excluding carboxylic acids is 1. The zero-order valence-electron chi connectivity index (χ0n) is 14.8. The van der Waals surface area contributed by atoms with Crippen molar-refractivity contribution in [2.75, 3.05) is 18.8 Å². The Hall–Kier alpha value is -2.61. The number of piperidine rings is 1. The molecule has 0 N–H and O–H groups in total. The summed E-state index contributed by atoms with van der Waals surface area (Å²) < 4.78 is 11.4. The van der Waals surface area contributed by atoms with Gasteiger partial charge in [0.1, 0.15) is 11.3 Å². The van der Waals surface area contributed by atoms with Crippen LogP contribution in [0.15, 0.2) is 46.2 Å². The number of likely N-dealkylation sites (tertiary alicyclic amines) is 1. The Balaban J connectivity index is 1.32.